The van der Waals surface area contributed by atoms with Crippen LogP contribution in [0.3, 0.4) is 0 Å². The van der Waals surface area contributed by atoms with Crippen LogP contribution in [0.5, 0.6) is 5.75 Å². The van der Waals surface area contributed by atoms with E-state index in [4.69, 9.17) is 4.74 Å². The molecule has 7 heteroatoms. The first-order chi connectivity index (χ1) is 17.1. The Morgan fingerprint density at radius 2 is 1.63 bits per heavy atom. The molecule has 35 heavy (non-hydrogen) atoms. The molecule has 0 aliphatic rings. The molecule has 0 saturated heterocycles. The van der Waals surface area contributed by atoms with Gasteiger partial charge in [-0.2, -0.15) is 0 Å². The molecule has 1 heterocycles. The first-order valence-electron chi connectivity index (χ1n) is 11.8. The van der Waals surface area contributed by atoms with Gasteiger partial charge in [-0.05, 0) is 43.2 Å². The standard InChI is InChI=1S/C28H30N4O3/c1-3-35-26-16-10-8-14-23(26)30-28(34)32(19-17-21-11-5-4-6-12-21)20-18-24-27(33)31(2)25-15-9-7-13-22(25)29-24/h4-16H,3,17-20H2,1-2H3,(H,30,34). The van der Waals surface area contributed by atoms with Crippen LogP contribution in [0.25, 0.3) is 11.0 Å². The van der Waals surface area contributed by atoms with Gasteiger partial charge in [0.05, 0.1) is 23.3 Å². The summed E-state index contributed by atoms with van der Waals surface area (Å²) in [6.45, 7) is 3.26. The Morgan fingerprint density at radius 1 is 0.943 bits per heavy atom. The maximum absolute atomic E-state index is 13.3. The fourth-order valence-electron chi connectivity index (χ4n) is 4.01. The highest BCUT2D eigenvalue weighted by atomic mass is 16.5. The van der Waals surface area contributed by atoms with Crippen LogP contribution in [0.2, 0.25) is 0 Å². The zero-order chi connectivity index (χ0) is 24.6. The van der Waals surface area contributed by atoms with Crippen LogP contribution in [0, 0.1) is 0 Å². The van der Waals surface area contributed by atoms with Crippen molar-refractivity contribution in [3.63, 3.8) is 0 Å². The van der Waals surface area contributed by atoms with Crippen molar-refractivity contribution in [3.05, 3.63) is 100 Å². The molecule has 3 aromatic carbocycles. The van der Waals surface area contributed by atoms with Crippen LogP contribution in [-0.2, 0) is 19.9 Å². The van der Waals surface area contributed by atoms with Crippen molar-refractivity contribution >= 4 is 22.8 Å². The number of hydrogen-bond acceptors (Lipinski definition) is 4. The molecular weight excluding hydrogens is 440 g/mol. The van der Waals surface area contributed by atoms with Gasteiger partial charge in [0, 0.05) is 26.6 Å². The summed E-state index contributed by atoms with van der Waals surface area (Å²) < 4.78 is 7.27. The topological polar surface area (TPSA) is 76.5 Å². The lowest BCUT2D eigenvalue weighted by Gasteiger charge is -2.24. The van der Waals surface area contributed by atoms with Crippen molar-refractivity contribution < 1.29 is 9.53 Å². The van der Waals surface area contributed by atoms with E-state index in [1.54, 1.807) is 16.5 Å². The third-order valence-corrected chi connectivity index (χ3v) is 5.90. The average molecular weight is 471 g/mol. The van der Waals surface area contributed by atoms with Crippen molar-refractivity contribution in [2.45, 2.75) is 19.8 Å². The second kappa shape index (κ2) is 11.3. The molecule has 0 bridgehead atoms. The second-order valence-corrected chi connectivity index (χ2v) is 8.24. The highest BCUT2D eigenvalue weighted by Gasteiger charge is 2.18. The second-order valence-electron chi connectivity index (χ2n) is 8.24. The van der Waals surface area contributed by atoms with E-state index in [-0.39, 0.29) is 11.6 Å². The van der Waals surface area contributed by atoms with Crippen molar-refractivity contribution in [2.24, 2.45) is 7.05 Å². The summed E-state index contributed by atoms with van der Waals surface area (Å²) >= 11 is 0. The molecule has 0 spiro atoms. The summed E-state index contributed by atoms with van der Waals surface area (Å²) in [7, 11) is 1.75. The number of urea groups is 1. The lowest BCUT2D eigenvalue weighted by molar-refractivity contribution is 0.212. The monoisotopic (exact) mass is 470 g/mol. The number of para-hydroxylation sites is 4. The van der Waals surface area contributed by atoms with Gasteiger partial charge >= 0.3 is 6.03 Å². The number of anilines is 1. The Bertz CT molecular complexity index is 1350. The number of nitrogens with one attached hydrogen (secondary N) is 1. The summed E-state index contributed by atoms with van der Waals surface area (Å²) in [6, 6.07) is 24.7. The van der Waals surface area contributed by atoms with Gasteiger partial charge in [-0.1, -0.05) is 54.6 Å². The fraction of sp³-hybridized carbons (Fsp3) is 0.250. The first-order valence-corrected chi connectivity index (χ1v) is 11.8. The summed E-state index contributed by atoms with van der Waals surface area (Å²) in [5.41, 5.74) is 3.60. The maximum atomic E-state index is 13.3. The van der Waals surface area contributed by atoms with Crippen molar-refractivity contribution in [3.8, 4) is 5.75 Å². The molecule has 0 saturated carbocycles. The molecule has 4 rings (SSSR count). The number of benzene rings is 3. The van der Waals surface area contributed by atoms with E-state index >= 15 is 0 Å². The van der Waals surface area contributed by atoms with Crippen LogP contribution >= 0.6 is 0 Å². The molecule has 0 atom stereocenters. The third-order valence-electron chi connectivity index (χ3n) is 5.90. The van der Waals surface area contributed by atoms with Crippen LogP contribution in [0.15, 0.2) is 83.7 Å². The average Bonchev–Trinajstić information content (AvgIpc) is 2.88. The molecule has 0 radical (unpaired) electrons. The van der Waals surface area contributed by atoms with E-state index in [1.807, 2.05) is 85.8 Å². The van der Waals surface area contributed by atoms with E-state index < -0.39 is 0 Å². The minimum atomic E-state index is -0.245. The summed E-state index contributed by atoms with van der Waals surface area (Å²) in [4.78, 5) is 32.6. The van der Waals surface area contributed by atoms with Crippen LogP contribution in [0.1, 0.15) is 18.2 Å². The van der Waals surface area contributed by atoms with Gasteiger partial charge in [0.1, 0.15) is 11.4 Å². The van der Waals surface area contributed by atoms with Gasteiger partial charge < -0.3 is 19.5 Å². The number of carbonyl (C=O) groups excluding carboxylic acids is 1. The summed E-state index contributed by atoms with van der Waals surface area (Å²) in [6.07, 6.45) is 1.05. The van der Waals surface area contributed by atoms with E-state index in [2.05, 4.69) is 10.3 Å². The third kappa shape index (κ3) is 5.87. The molecule has 4 aromatic rings. The van der Waals surface area contributed by atoms with E-state index in [0.29, 0.717) is 49.7 Å². The number of nitrogens with zero attached hydrogens (tertiary/aromatic N) is 3. The Labute approximate surface area is 205 Å². The molecule has 7 nitrogen and oxygen atoms in total. The maximum Gasteiger partial charge on any atom is 0.321 e. The number of aromatic nitrogens is 2. The van der Waals surface area contributed by atoms with E-state index in [0.717, 1.165) is 16.6 Å². The van der Waals surface area contributed by atoms with Crippen LogP contribution in [0.4, 0.5) is 10.5 Å². The molecule has 0 fully saturated rings. The molecule has 180 valence electrons. The van der Waals surface area contributed by atoms with Crippen LogP contribution in [-0.4, -0.2) is 40.2 Å². The summed E-state index contributed by atoms with van der Waals surface area (Å²) in [5, 5.41) is 2.98. The van der Waals surface area contributed by atoms with Crippen molar-refractivity contribution in [2.75, 3.05) is 25.0 Å². The number of aryl methyl sites for hydroxylation is 1. The van der Waals surface area contributed by atoms with Crippen molar-refractivity contribution in [1.82, 2.24) is 14.5 Å². The predicted molar refractivity (Wildman–Crippen MR) is 139 cm³/mol. The fourth-order valence-corrected chi connectivity index (χ4v) is 4.01. The minimum Gasteiger partial charge on any atom is -0.492 e. The Morgan fingerprint density at radius 3 is 2.43 bits per heavy atom. The Kier molecular flexibility index (Phi) is 7.77. The molecule has 2 amide bonds. The predicted octanol–water partition coefficient (Wildman–Crippen LogP) is 4.65. The van der Waals surface area contributed by atoms with Gasteiger partial charge in [0.2, 0.25) is 0 Å². The zero-order valence-electron chi connectivity index (χ0n) is 20.1. The van der Waals surface area contributed by atoms with Crippen molar-refractivity contribution in [1.29, 1.82) is 0 Å². The molecule has 1 aromatic heterocycles. The molecule has 0 aliphatic carbocycles. The number of amides is 2. The normalized spacial score (nSPS) is 10.8. The lowest BCUT2D eigenvalue weighted by Crippen LogP contribution is -2.39. The Balaban J connectivity index is 1.55. The number of fused-ring (bicyclic) bond motifs is 1. The number of ether oxygens (including phenoxy) is 1. The van der Waals surface area contributed by atoms with E-state index in [9.17, 15) is 9.59 Å². The van der Waals surface area contributed by atoms with E-state index in [1.165, 1.54) is 0 Å². The quantitative estimate of drug-likeness (QED) is 0.386. The largest absolute Gasteiger partial charge is 0.492 e. The van der Waals surface area contributed by atoms with Gasteiger partial charge in [-0.3, -0.25) is 4.79 Å². The Hall–Kier alpha value is -4.13. The van der Waals surface area contributed by atoms with Gasteiger partial charge in [0.15, 0.2) is 0 Å². The molecule has 1 N–H and O–H groups in total. The number of carbonyl (C=O) groups is 1. The zero-order valence-corrected chi connectivity index (χ0v) is 20.1. The SMILES string of the molecule is CCOc1ccccc1NC(=O)N(CCc1ccccc1)CCc1nc2ccccc2n(C)c1=O. The van der Waals surface area contributed by atoms with Gasteiger partial charge in [0.25, 0.3) is 5.56 Å². The summed E-state index contributed by atoms with van der Waals surface area (Å²) in [5.74, 6) is 0.622. The smallest absolute Gasteiger partial charge is 0.321 e. The molecule has 0 unspecified atom stereocenters. The number of rotatable bonds is 9. The minimum absolute atomic E-state index is 0.145. The van der Waals surface area contributed by atoms with Gasteiger partial charge in [-0.25, -0.2) is 9.78 Å². The van der Waals surface area contributed by atoms with Crippen LogP contribution < -0.4 is 15.6 Å². The molecular formula is C28H30N4O3. The highest BCUT2D eigenvalue weighted by molar-refractivity contribution is 5.91. The first kappa shape index (κ1) is 24.0. The lowest BCUT2D eigenvalue weighted by atomic mass is 10.1. The van der Waals surface area contributed by atoms with Gasteiger partial charge in [-0.15, -0.1) is 0 Å². The number of hydrogen-bond donors (Lipinski definition) is 1. The molecule has 0 aliphatic heterocycles. The highest BCUT2D eigenvalue weighted by Crippen LogP contribution is 2.24.